The molecule has 0 bridgehead atoms. The molecule has 0 saturated carbocycles. The van der Waals surface area contributed by atoms with E-state index in [9.17, 15) is 9.59 Å². The quantitative estimate of drug-likeness (QED) is 0.802. The molecule has 0 aliphatic carbocycles. The van der Waals surface area contributed by atoms with Crippen molar-refractivity contribution >= 4 is 12.4 Å². The second-order valence-corrected chi connectivity index (χ2v) is 4.39. The summed E-state index contributed by atoms with van der Waals surface area (Å²) in [6.07, 6.45) is 0.716. The minimum Gasteiger partial charge on any atom is -0.444 e. The normalized spacial score (nSPS) is 9.82. The Hall–Kier alpha value is -1.84. The van der Waals surface area contributed by atoms with E-state index in [0.29, 0.717) is 6.42 Å². The van der Waals surface area contributed by atoms with E-state index in [2.05, 4.69) is 4.74 Å². The van der Waals surface area contributed by atoms with E-state index in [0.717, 1.165) is 11.8 Å². The molecule has 4 nitrogen and oxygen atoms in total. The van der Waals surface area contributed by atoms with Crippen LogP contribution in [0.25, 0.3) is 0 Å². The molecule has 0 radical (unpaired) electrons. The number of nitrogens with two attached hydrogens (primary N) is 1. The molecule has 1 aromatic rings. The van der Waals surface area contributed by atoms with Gasteiger partial charge in [-0.25, -0.2) is 4.79 Å². The molecule has 0 fully saturated rings. The first-order chi connectivity index (χ1) is 7.85. The van der Waals surface area contributed by atoms with Gasteiger partial charge in [0.1, 0.15) is 11.9 Å². The monoisotopic (exact) mass is 237 g/mol. The van der Waals surface area contributed by atoms with E-state index in [4.69, 9.17) is 5.73 Å². The van der Waals surface area contributed by atoms with Gasteiger partial charge < -0.3 is 15.3 Å². The van der Waals surface area contributed by atoms with Crippen LogP contribution in [0.1, 0.15) is 26.3 Å². The molecule has 17 heavy (non-hydrogen) atoms. The van der Waals surface area contributed by atoms with Crippen molar-refractivity contribution in [3.63, 3.8) is 0 Å². The fraction of sp³-hybridized carbons (Fsp3) is 0.385. The summed E-state index contributed by atoms with van der Waals surface area (Å²) in [7, 11) is 0. The summed E-state index contributed by atoms with van der Waals surface area (Å²) in [5.74, 6) is 0. The minimum atomic E-state index is -0.725. The van der Waals surface area contributed by atoms with Crippen molar-refractivity contribution in [3.05, 3.63) is 35.9 Å². The van der Waals surface area contributed by atoms with E-state index >= 15 is 0 Å². The lowest BCUT2D eigenvalue weighted by Gasteiger charge is -2.16. The smallest absolute Gasteiger partial charge is 0.405 e. The molecule has 0 aliphatic heterocycles. The summed E-state index contributed by atoms with van der Waals surface area (Å²) < 4.78 is 4.58. The highest BCUT2D eigenvalue weighted by Crippen LogP contribution is 2.04. The van der Waals surface area contributed by atoms with Gasteiger partial charge in [-0.05, 0) is 26.3 Å². The third-order valence-electron chi connectivity index (χ3n) is 1.57. The lowest BCUT2D eigenvalue weighted by Crippen LogP contribution is -2.27. The Balaban J connectivity index is 0.000000304. The topological polar surface area (TPSA) is 69.4 Å². The highest BCUT2D eigenvalue weighted by molar-refractivity contribution is 5.65. The molecule has 0 atom stereocenters. The number of ether oxygens (including phenoxy) is 1. The van der Waals surface area contributed by atoms with Crippen LogP contribution in [0, 0.1) is 0 Å². The number of benzene rings is 1. The van der Waals surface area contributed by atoms with E-state index in [1.807, 2.05) is 30.3 Å². The summed E-state index contributed by atoms with van der Waals surface area (Å²) in [6, 6.07) is 9.68. The zero-order valence-corrected chi connectivity index (χ0v) is 10.5. The first-order valence-corrected chi connectivity index (χ1v) is 5.31. The van der Waals surface area contributed by atoms with Gasteiger partial charge in [0.15, 0.2) is 0 Å². The molecule has 0 spiro atoms. The van der Waals surface area contributed by atoms with Crippen molar-refractivity contribution in [2.45, 2.75) is 32.8 Å². The van der Waals surface area contributed by atoms with E-state index < -0.39 is 11.7 Å². The van der Waals surface area contributed by atoms with Crippen LogP contribution in [-0.2, 0) is 16.0 Å². The Morgan fingerprint density at radius 1 is 1.29 bits per heavy atom. The van der Waals surface area contributed by atoms with Gasteiger partial charge in [-0.1, -0.05) is 30.3 Å². The van der Waals surface area contributed by atoms with Crippen molar-refractivity contribution < 1.29 is 14.3 Å². The number of carbonyl (C=O) groups excluding carboxylic acids is 2. The predicted octanol–water partition coefficient (Wildman–Crippen LogP) is 2.31. The molecule has 0 aromatic heterocycles. The van der Waals surface area contributed by atoms with Crippen LogP contribution in [0.15, 0.2) is 30.3 Å². The molecule has 1 rings (SSSR count). The maximum atomic E-state index is 10.0. The summed E-state index contributed by atoms with van der Waals surface area (Å²) in [6.45, 7) is 5.28. The Labute approximate surface area is 102 Å². The van der Waals surface area contributed by atoms with Gasteiger partial charge in [-0.3, -0.25) is 0 Å². The van der Waals surface area contributed by atoms with Gasteiger partial charge >= 0.3 is 6.09 Å². The summed E-state index contributed by atoms with van der Waals surface area (Å²) in [5, 5.41) is 0. The molecule has 1 aromatic carbocycles. The number of hydrogen-bond acceptors (Lipinski definition) is 3. The van der Waals surface area contributed by atoms with Crippen LogP contribution in [0.3, 0.4) is 0 Å². The molecule has 2 N–H and O–H groups in total. The molecule has 1 amide bonds. The molecule has 0 saturated heterocycles. The minimum absolute atomic E-state index is 0.453. The van der Waals surface area contributed by atoms with Crippen LogP contribution in [-0.4, -0.2) is 18.0 Å². The van der Waals surface area contributed by atoms with Crippen LogP contribution < -0.4 is 5.73 Å². The molecule has 0 aliphatic rings. The van der Waals surface area contributed by atoms with Crippen molar-refractivity contribution in [3.8, 4) is 0 Å². The first-order valence-electron chi connectivity index (χ1n) is 5.31. The number of aldehydes is 1. The number of primary amides is 1. The Morgan fingerprint density at radius 3 is 2.12 bits per heavy atom. The molecular formula is C13H19NO3. The highest BCUT2D eigenvalue weighted by Gasteiger charge is 2.12. The summed E-state index contributed by atoms with van der Waals surface area (Å²) in [4.78, 5) is 20.0. The third-order valence-corrected chi connectivity index (χ3v) is 1.57. The number of rotatable bonds is 2. The molecule has 0 unspecified atom stereocenters. The van der Waals surface area contributed by atoms with Crippen LogP contribution in [0.5, 0.6) is 0 Å². The Morgan fingerprint density at radius 2 is 1.82 bits per heavy atom. The lowest BCUT2D eigenvalue weighted by molar-refractivity contribution is -0.107. The summed E-state index contributed by atoms with van der Waals surface area (Å²) in [5.41, 5.74) is 5.34. The second-order valence-electron chi connectivity index (χ2n) is 4.39. The van der Waals surface area contributed by atoms with Gasteiger partial charge in [0.2, 0.25) is 0 Å². The van der Waals surface area contributed by atoms with Gasteiger partial charge in [-0.15, -0.1) is 0 Å². The Kier molecular flexibility index (Phi) is 6.63. The van der Waals surface area contributed by atoms with Crippen molar-refractivity contribution in [1.82, 2.24) is 0 Å². The average molecular weight is 237 g/mol. The van der Waals surface area contributed by atoms with Gasteiger partial charge in [0, 0.05) is 6.42 Å². The van der Waals surface area contributed by atoms with Crippen molar-refractivity contribution in [1.29, 1.82) is 0 Å². The zero-order chi connectivity index (χ0) is 13.3. The van der Waals surface area contributed by atoms with Crippen LogP contribution in [0.2, 0.25) is 0 Å². The average Bonchev–Trinajstić information content (AvgIpc) is 2.16. The largest absolute Gasteiger partial charge is 0.444 e. The van der Waals surface area contributed by atoms with Gasteiger partial charge in [-0.2, -0.15) is 0 Å². The number of carbonyl (C=O) groups is 2. The lowest BCUT2D eigenvalue weighted by atomic mass is 10.2. The van der Waals surface area contributed by atoms with Crippen molar-refractivity contribution in [2.24, 2.45) is 5.73 Å². The SMILES string of the molecule is CC(C)(C)OC(N)=O.O=CCc1ccccc1. The van der Waals surface area contributed by atoms with Crippen molar-refractivity contribution in [2.75, 3.05) is 0 Å². The van der Waals surface area contributed by atoms with Gasteiger partial charge in [0.25, 0.3) is 0 Å². The molecular weight excluding hydrogens is 218 g/mol. The predicted molar refractivity (Wildman–Crippen MR) is 66.6 cm³/mol. The van der Waals surface area contributed by atoms with Crippen LogP contribution >= 0.6 is 0 Å². The number of amides is 1. The second kappa shape index (κ2) is 7.44. The third kappa shape index (κ3) is 10.4. The molecule has 4 heteroatoms. The zero-order valence-electron chi connectivity index (χ0n) is 10.5. The van der Waals surface area contributed by atoms with Crippen LogP contribution in [0.4, 0.5) is 4.79 Å². The molecule has 0 heterocycles. The van der Waals surface area contributed by atoms with E-state index in [-0.39, 0.29) is 0 Å². The number of hydrogen-bond donors (Lipinski definition) is 1. The fourth-order valence-electron chi connectivity index (χ4n) is 1.01. The highest BCUT2D eigenvalue weighted by atomic mass is 16.6. The Bertz CT molecular complexity index is 341. The fourth-order valence-corrected chi connectivity index (χ4v) is 1.01. The van der Waals surface area contributed by atoms with E-state index in [1.165, 1.54) is 0 Å². The van der Waals surface area contributed by atoms with E-state index in [1.54, 1.807) is 20.8 Å². The maximum absolute atomic E-state index is 10.0. The first kappa shape index (κ1) is 15.2. The standard InChI is InChI=1S/C8H8O.C5H11NO2/c9-7-6-8-4-2-1-3-5-8;1-5(2,3)8-4(6)7/h1-5,7H,6H2;1-3H3,(H2,6,7). The molecule has 94 valence electrons. The van der Waals surface area contributed by atoms with Gasteiger partial charge in [0.05, 0.1) is 0 Å². The summed E-state index contributed by atoms with van der Waals surface area (Å²) >= 11 is 0. The maximum Gasteiger partial charge on any atom is 0.405 e.